The Labute approximate surface area is 60.0 Å². The predicted molar refractivity (Wildman–Crippen MR) is 39.2 cm³/mol. The van der Waals surface area contributed by atoms with Crippen LogP contribution in [0.4, 0.5) is 0 Å². The quantitative estimate of drug-likeness (QED) is 0.538. The molecule has 2 nitrogen and oxygen atoms in total. The minimum atomic E-state index is -0.0742. The lowest BCUT2D eigenvalue weighted by molar-refractivity contribution is 0.566. The van der Waals surface area contributed by atoms with Crippen molar-refractivity contribution in [1.29, 1.82) is 0 Å². The zero-order valence-corrected chi connectivity index (χ0v) is 5.79. The molecule has 2 heteroatoms. The molecule has 1 heterocycles. The maximum Gasteiger partial charge on any atom is 0.106 e. The Morgan fingerprint density at radius 2 is 2.50 bits per heavy atom. The number of furan rings is 1. The lowest BCUT2D eigenvalue weighted by Gasteiger charge is -1.85. The van der Waals surface area contributed by atoms with E-state index in [9.17, 15) is 0 Å². The summed E-state index contributed by atoms with van der Waals surface area (Å²) in [6, 6.07) is 1.73. The first-order chi connectivity index (χ1) is 4.79. The van der Waals surface area contributed by atoms with Gasteiger partial charge in [0, 0.05) is 0 Å². The Balaban J connectivity index is 2.66. The Morgan fingerprint density at radius 3 is 3.00 bits per heavy atom. The summed E-state index contributed by atoms with van der Waals surface area (Å²) in [6.07, 6.45) is 3.18. The summed E-state index contributed by atoms with van der Waals surface area (Å²) in [5.41, 5.74) is 6.28. The molecule has 1 rings (SSSR count). The van der Waals surface area contributed by atoms with E-state index < -0.39 is 0 Å². The maximum atomic E-state index is 5.40. The average Bonchev–Trinajstić information content (AvgIpc) is 2.34. The molecule has 0 amide bonds. The van der Waals surface area contributed by atoms with E-state index in [1.807, 2.05) is 6.92 Å². The van der Waals surface area contributed by atoms with Gasteiger partial charge in [-0.15, -0.1) is 0 Å². The molecule has 1 unspecified atom stereocenters. The Kier molecular flexibility index (Phi) is 2.14. The third kappa shape index (κ3) is 1.96. The van der Waals surface area contributed by atoms with Crippen molar-refractivity contribution in [3.63, 3.8) is 0 Å². The standard InChI is InChI=1S/C8H9NO/c1-7(9)2-3-8-4-5-10-6-8/h4-7H,9H2,1H3. The Bertz CT molecular complexity index is 238. The van der Waals surface area contributed by atoms with Gasteiger partial charge in [-0.2, -0.15) is 0 Å². The molecule has 52 valence electrons. The van der Waals surface area contributed by atoms with Gasteiger partial charge in [-0.1, -0.05) is 11.8 Å². The van der Waals surface area contributed by atoms with Crippen molar-refractivity contribution in [1.82, 2.24) is 0 Å². The predicted octanol–water partition coefficient (Wildman–Crippen LogP) is 0.978. The summed E-state index contributed by atoms with van der Waals surface area (Å²) in [4.78, 5) is 0. The SMILES string of the molecule is CC(N)C#Cc1ccoc1. The van der Waals surface area contributed by atoms with E-state index in [1.54, 1.807) is 18.6 Å². The molecule has 0 fully saturated rings. The van der Waals surface area contributed by atoms with E-state index in [0.717, 1.165) is 5.56 Å². The highest BCUT2D eigenvalue weighted by atomic mass is 16.3. The van der Waals surface area contributed by atoms with E-state index in [4.69, 9.17) is 10.2 Å². The van der Waals surface area contributed by atoms with E-state index >= 15 is 0 Å². The van der Waals surface area contributed by atoms with Gasteiger partial charge in [0.15, 0.2) is 0 Å². The van der Waals surface area contributed by atoms with Gasteiger partial charge >= 0.3 is 0 Å². The maximum absolute atomic E-state index is 5.40. The van der Waals surface area contributed by atoms with E-state index in [2.05, 4.69) is 11.8 Å². The molecule has 1 aromatic rings. The van der Waals surface area contributed by atoms with E-state index in [1.165, 1.54) is 0 Å². The zero-order chi connectivity index (χ0) is 7.40. The van der Waals surface area contributed by atoms with E-state index in [-0.39, 0.29) is 6.04 Å². The highest BCUT2D eigenvalue weighted by molar-refractivity contribution is 5.31. The topological polar surface area (TPSA) is 39.2 Å². The van der Waals surface area contributed by atoms with Crippen molar-refractivity contribution in [3.8, 4) is 11.8 Å². The van der Waals surface area contributed by atoms with Gasteiger partial charge in [0.2, 0.25) is 0 Å². The molecule has 0 aliphatic heterocycles. The minimum Gasteiger partial charge on any atom is -0.471 e. The Hall–Kier alpha value is -1.20. The second-order valence-electron chi connectivity index (χ2n) is 2.07. The number of rotatable bonds is 0. The summed E-state index contributed by atoms with van der Waals surface area (Å²) >= 11 is 0. The van der Waals surface area contributed by atoms with Crippen LogP contribution in [0.1, 0.15) is 12.5 Å². The van der Waals surface area contributed by atoms with Crippen LogP contribution in [0.2, 0.25) is 0 Å². The first-order valence-corrected chi connectivity index (χ1v) is 3.08. The molecule has 0 saturated heterocycles. The molecule has 0 aliphatic rings. The summed E-state index contributed by atoms with van der Waals surface area (Å²) in [7, 11) is 0. The van der Waals surface area contributed by atoms with Gasteiger partial charge in [0.05, 0.1) is 17.9 Å². The van der Waals surface area contributed by atoms with Gasteiger partial charge in [0.25, 0.3) is 0 Å². The lowest BCUT2D eigenvalue weighted by Crippen LogP contribution is -2.10. The molecular formula is C8H9NO. The molecule has 1 atom stereocenters. The third-order valence-corrected chi connectivity index (χ3v) is 0.965. The van der Waals surface area contributed by atoms with E-state index in [0.29, 0.717) is 0 Å². The summed E-state index contributed by atoms with van der Waals surface area (Å²) < 4.78 is 4.80. The van der Waals surface area contributed by atoms with Crippen molar-refractivity contribution in [3.05, 3.63) is 24.2 Å². The second kappa shape index (κ2) is 3.09. The van der Waals surface area contributed by atoms with Gasteiger partial charge in [0.1, 0.15) is 6.26 Å². The molecule has 0 spiro atoms. The van der Waals surface area contributed by atoms with Crippen LogP contribution in [0.3, 0.4) is 0 Å². The molecule has 0 saturated carbocycles. The van der Waals surface area contributed by atoms with Crippen LogP contribution in [0.5, 0.6) is 0 Å². The summed E-state index contributed by atoms with van der Waals surface area (Å²) in [5.74, 6) is 5.67. The van der Waals surface area contributed by atoms with Gasteiger partial charge in [-0.05, 0) is 13.0 Å². The van der Waals surface area contributed by atoms with Gasteiger partial charge < -0.3 is 10.2 Å². The van der Waals surface area contributed by atoms with Crippen molar-refractivity contribution >= 4 is 0 Å². The number of nitrogens with two attached hydrogens (primary N) is 1. The zero-order valence-electron chi connectivity index (χ0n) is 5.79. The van der Waals surface area contributed by atoms with Crippen LogP contribution in [0.15, 0.2) is 23.0 Å². The van der Waals surface area contributed by atoms with Crippen molar-refractivity contribution < 1.29 is 4.42 Å². The molecule has 0 aromatic carbocycles. The van der Waals surface area contributed by atoms with Crippen LogP contribution in [0.25, 0.3) is 0 Å². The fourth-order valence-corrected chi connectivity index (χ4v) is 0.533. The molecule has 0 aliphatic carbocycles. The molecule has 10 heavy (non-hydrogen) atoms. The van der Waals surface area contributed by atoms with Gasteiger partial charge in [-0.3, -0.25) is 0 Å². The molecular weight excluding hydrogens is 126 g/mol. The lowest BCUT2D eigenvalue weighted by atomic mass is 10.3. The van der Waals surface area contributed by atoms with Crippen molar-refractivity contribution in [2.45, 2.75) is 13.0 Å². The summed E-state index contributed by atoms with van der Waals surface area (Å²) in [5, 5.41) is 0. The van der Waals surface area contributed by atoms with Crippen LogP contribution in [-0.4, -0.2) is 6.04 Å². The fraction of sp³-hybridized carbons (Fsp3) is 0.250. The molecule has 1 aromatic heterocycles. The van der Waals surface area contributed by atoms with Crippen LogP contribution in [0, 0.1) is 11.8 Å². The Morgan fingerprint density at radius 1 is 1.70 bits per heavy atom. The summed E-state index contributed by atoms with van der Waals surface area (Å²) in [6.45, 7) is 1.84. The molecule has 0 bridgehead atoms. The van der Waals surface area contributed by atoms with Crippen LogP contribution < -0.4 is 5.73 Å². The van der Waals surface area contributed by atoms with Crippen LogP contribution in [-0.2, 0) is 0 Å². The first kappa shape index (κ1) is 6.91. The second-order valence-corrected chi connectivity index (χ2v) is 2.07. The van der Waals surface area contributed by atoms with Crippen LogP contribution >= 0.6 is 0 Å². The normalized spacial score (nSPS) is 11.8. The monoisotopic (exact) mass is 135 g/mol. The average molecular weight is 135 g/mol. The first-order valence-electron chi connectivity index (χ1n) is 3.08. The third-order valence-electron chi connectivity index (χ3n) is 0.965. The smallest absolute Gasteiger partial charge is 0.106 e. The van der Waals surface area contributed by atoms with Crippen molar-refractivity contribution in [2.75, 3.05) is 0 Å². The highest BCUT2D eigenvalue weighted by Crippen LogP contribution is 1.95. The molecule has 2 N–H and O–H groups in total. The largest absolute Gasteiger partial charge is 0.471 e. The number of hydrogen-bond donors (Lipinski definition) is 1. The molecule has 0 radical (unpaired) electrons. The van der Waals surface area contributed by atoms with Crippen molar-refractivity contribution in [2.24, 2.45) is 5.73 Å². The fourth-order valence-electron chi connectivity index (χ4n) is 0.533. The minimum absolute atomic E-state index is 0.0742. The number of hydrogen-bond acceptors (Lipinski definition) is 2. The highest BCUT2D eigenvalue weighted by Gasteiger charge is 1.85. The van der Waals surface area contributed by atoms with Gasteiger partial charge in [-0.25, -0.2) is 0 Å².